The Bertz CT molecular complexity index is 1370. The summed E-state index contributed by atoms with van der Waals surface area (Å²) >= 11 is 0. The van der Waals surface area contributed by atoms with Gasteiger partial charge in [-0.2, -0.15) is 0 Å². The summed E-state index contributed by atoms with van der Waals surface area (Å²) in [6, 6.07) is 21.2. The fourth-order valence-electron chi connectivity index (χ4n) is 3.47. The van der Waals surface area contributed by atoms with E-state index in [4.69, 9.17) is 4.74 Å². The van der Waals surface area contributed by atoms with Crippen molar-refractivity contribution in [2.75, 3.05) is 11.8 Å². The molecule has 9 heteroatoms. The van der Waals surface area contributed by atoms with E-state index in [0.717, 1.165) is 5.56 Å². The van der Waals surface area contributed by atoms with Crippen LogP contribution < -0.4 is 14.8 Å². The van der Waals surface area contributed by atoms with Crippen LogP contribution in [0.1, 0.15) is 27.8 Å². The number of aryl methyl sites for hydroxylation is 1. The number of carbonyl (C=O) groups excluding carboxylic acids is 1. The summed E-state index contributed by atoms with van der Waals surface area (Å²) in [5, 5.41) is 3.02. The number of nitrogens with zero attached hydrogens (tertiary/aromatic N) is 2. The molecular formula is C25H24N4O4S. The number of benzene rings is 3. The zero-order valence-corrected chi connectivity index (χ0v) is 19.5. The summed E-state index contributed by atoms with van der Waals surface area (Å²) in [5.41, 5.74) is 1.59. The van der Waals surface area contributed by atoms with Crippen molar-refractivity contribution < 1.29 is 17.9 Å². The number of hydrogen-bond acceptors (Lipinski definition) is 5. The van der Waals surface area contributed by atoms with Gasteiger partial charge < -0.3 is 14.6 Å². The second-order valence-electron chi connectivity index (χ2n) is 7.57. The van der Waals surface area contributed by atoms with Gasteiger partial charge in [0, 0.05) is 30.7 Å². The minimum absolute atomic E-state index is 0.161. The maximum atomic E-state index is 13.1. The Labute approximate surface area is 198 Å². The van der Waals surface area contributed by atoms with Crippen molar-refractivity contribution >= 4 is 21.6 Å². The number of aromatic nitrogens is 2. The van der Waals surface area contributed by atoms with Crippen LogP contribution in [0, 0.1) is 0 Å². The van der Waals surface area contributed by atoms with Gasteiger partial charge in [0.05, 0.1) is 12.0 Å². The van der Waals surface area contributed by atoms with Gasteiger partial charge in [-0.05, 0) is 54.1 Å². The summed E-state index contributed by atoms with van der Waals surface area (Å²) in [4.78, 5) is 17.6. The van der Waals surface area contributed by atoms with Crippen LogP contribution in [0.3, 0.4) is 0 Å². The fourth-order valence-corrected chi connectivity index (χ4v) is 4.55. The number of amides is 1. The third-order valence-electron chi connectivity index (χ3n) is 5.29. The Hall–Kier alpha value is -4.11. The van der Waals surface area contributed by atoms with E-state index in [2.05, 4.69) is 15.0 Å². The topological polar surface area (TPSA) is 102 Å². The van der Waals surface area contributed by atoms with Crippen LogP contribution in [-0.4, -0.2) is 31.0 Å². The molecule has 0 saturated heterocycles. The second-order valence-corrected chi connectivity index (χ2v) is 9.25. The van der Waals surface area contributed by atoms with E-state index in [9.17, 15) is 13.2 Å². The predicted molar refractivity (Wildman–Crippen MR) is 129 cm³/mol. The van der Waals surface area contributed by atoms with Crippen LogP contribution in [0.4, 0.5) is 5.69 Å². The monoisotopic (exact) mass is 476 g/mol. The zero-order chi connectivity index (χ0) is 24.1. The first-order chi connectivity index (χ1) is 16.4. The molecule has 8 nitrogen and oxygen atoms in total. The van der Waals surface area contributed by atoms with E-state index in [-0.39, 0.29) is 10.8 Å². The molecule has 0 fully saturated rings. The summed E-state index contributed by atoms with van der Waals surface area (Å²) in [5.74, 6) is 1.06. The van der Waals surface area contributed by atoms with Gasteiger partial charge in [0.15, 0.2) is 0 Å². The van der Waals surface area contributed by atoms with Gasteiger partial charge in [0.2, 0.25) is 0 Å². The van der Waals surface area contributed by atoms with Gasteiger partial charge in [-0.1, -0.05) is 30.3 Å². The minimum Gasteiger partial charge on any atom is -0.497 e. The van der Waals surface area contributed by atoms with Gasteiger partial charge in [-0.15, -0.1) is 0 Å². The van der Waals surface area contributed by atoms with Crippen LogP contribution in [-0.2, 0) is 17.1 Å². The number of rotatable bonds is 8. The number of methoxy groups -OCH3 is 1. The lowest BCUT2D eigenvalue weighted by atomic mass is 10.0. The molecule has 1 aromatic heterocycles. The molecule has 0 aliphatic carbocycles. The second kappa shape index (κ2) is 9.80. The average molecular weight is 477 g/mol. The number of hydrogen-bond donors (Lipinski definition) is 2. The molecule has 0 aliphatic rings. The van der Waals surface area contributed by atoms with Crippen molar-refractivity contribution in [1.82, 2.24) is 14.9 Å². The molecule has 4 aromatic rings. The molecule has 174 valence electrons. The van der Waals surface area contributed by atoms with Crippen molar-refractivity contribution in [3.63, 3.8) is 0 Å². The third-order valence-corrected chi connectivity index (χ3v) is 6.69. The molecule has 0 aliphatic heterocycles. The van der Waals surface area contributed by atoms with Crippen molar-refractivity contribution in [3.05, 3.63) is 108 Å². The Kier molecular flexibility index (Phi) is 6.65. The van der Waals surface area contributed by atoms with E-state index < -0.39 is 16.1 Å². The average Bonchev–Trinajstić information content (AvgIpc) is 3.28. The van der Waals surface area contributed by atoms with Crippen LogP contribution in [0.15, 0.2) is 96.2 Å². The number of carbonyl (C=O) groups is 1. The maximum Gasteiger partial charge on any atom is 0.261 e. The van der Waals surface area contributed by atoms with E-state index in [1.165, 1.54) is 12.1 Å². The normalized spacial score (nSPS) is 12.1. The Balaban J connectivity index is 1.53. The zero-order valence-electron chi connectivity index (χ0n) is 18.7. The van der Waals surface area contributed by atoms with Gasteiger partial charge in [0.25, 0.3) is 15.9 Å². The molecule has 34 heavy (non-hydrogen) atoms. The lowest BCUT2D eigenvalue weighted by Gasteiger charge is -2.19. The number of anilines is 1. The number of ether oxygens (including phenoxy) is 1. The molecule has 0 radical (unpaired) electrons. The molecule has 0 unspecified atom stereocenters. The molecule has 1 amide bonds. The Morgan fingerprint density at radius 2 is 1.65 bits per heavy atom. The quantitative estimate of drug-likeness (QED) is 0.403. The predicted octanol–water partition coefficient (Wildman–Crippen LogP) is 3.75. The summed E-state index contributed by atoms with van der Waals surface area (Å²) in [6.45, 7) is 0. The molecule has 3 aromatic carbocycles. The van der Waals surface area contributed by atoms with Gasteiger partial charge in [-0.3, -0.25) is 9.52 Å². The van der Waals surface area contributed by atoms with Gasteiger partial charge in [-0.25, -0.2) is 13.4 Å². The van der Waals surface area contributed by atoms with Crippen LogP contribution in [0.25, 0.3) is 0 Å². The highest BCUT2D eigenvalue weighted by Gasteiger charge is 2.22. The highest BCUT2D eigenvalue weighted by Crippen LogP contribution is 2.24. The lowest BCUT2D eigenvalue weighted by Crippen LogP contribution is -2.31. The van der Waals surface area contributed by atoms with Crippen LogP contribution >= 0.6 is 0 Å². The Morgan fingerprint density at radius 3 is 2.24 bits per heavy atom. The first-order valence-corrected chi connectivity index (χ1v) is 12.0. The van der Waals surface area contributed by atoms with E-state index in [1.807, 2.05) is 42.1 Å². The molecule has 0 bridgehead atoms. The van der Waals surface area contributed by atoms with Crippen molar-refractivity contribution in [1.29, 1.82) is 0 Å². The van der Waals surface area contributed by atoms with Crippen molar-refractivity contribution in [2.24, 2.45) is 7.05 Å². The van der Waals surface area contributed by atoms with E-state index >= 15 is 0 Å². The SMILES string of the molecule is COc1ccc([C@H](NC(=O)c2ccc(NS(=O)(=O)c3ccccc3)cc2)c2nccn2C)cc1. The molecular weight excluding hydrogens is 452 g/mol. The lowest BCUT2D eigenvalue weighted by molar-refractivity contribution is 0.0941. The summed E-state index contributed by atoms with van der Waals surface area (Å²) in [6.07, 6.45) is 3.48. The molecule has 2 N–H and O–H groups in total. The smallest absolute Gasteiger partial charge is 0.261 e. The molecule has 0 spiro atoms. The largest absolute Gasteiger partial charge is 0.497 e. The summed E-state index contributed by atoms with van der Waals surface area (Å²) in [7, 11) is -0.260. The first kappa shape index (κ1) is 23.1. The van der Waals surface area contributed by atoms with Crippen molar-refractivity contribution in [3.8, 4) is 5.75 Å². The molecule has 0 saturated carbocycles. The third kappa shape index (κ3) is 5.10. The maximum absolute atomic E-state index is 13.1. The highest BCUT2D eigenvalue weighted by atomic mass is 32.2. The van der Waals surface area contributed by atoms with E-state index in [1.54, 1.807) is 55.8 Å². The minimum atomic E-state index is -3.71. The van der Waals surface area contributed by atoms with Gasteiger partial charge in [0.1, 0.15) is 17.6 Å². The molecule has 4 rings (SSSR count). The highest BCUT2D eigenvalue weighted by molar-refractivity contribution is 7.92. The number of nitrogens with one attached hydrogen (secondary N) is 2. The number of imidazole rings is 1. The molecule has 1 heterocycles. The van der Waals surface area contributed by atoms with Crippen LogP contribution in [0.2, 0.25) is 0 Å². The van der Waals surface area contributed by atoms with Crippen molar-refractivity contribution in [2.45, 2.75) is 10.9 Å². The van der Waals surface area contributed by atoms with Crippen LogP contribution in [0.5, 0.6) is 5.75 Å². The number of sulfonamides is 1. The Morgan fingerprint density at radius 1 is 0.971 bits per heavy atom. The van der Waals surface area contributed by atoms with Gasteiger partial charge >= 0.3 is 0 Å². The van der Waals surface area contributed by atoms with E-state index in [0.29, 0.717) is 22.8 Å². The first-order valence-electron chi connectivity index (χ1n) is 10.5. The standard InChI is InChI=1S/C25H24N4O4S/c1-29-17-16-26-24(29)23(18-10-14-21(33-2)15-11-18)27-25(30)19-8-12-20(13-9-19)28-34(31,32)22-6-4-3-5-7-22/h3-17,23,28H,1-2H3,(H,27,30)/t23-/m0/s1. The molecule has 1 atom stereocenters. The summed E-state index contributed by atoms with van der Waals surface area (Å²) < 4.78 is 34.6. The fraction of sp³-hybridized carbons (Fsp3) is 0.120.